The summed E-state index contributed by atoms with van der Waals surface area (Å²) in [6.45, 7) is -0.790. The van der Waals surface area contributed by atoms with Crippen molar-refractivity contribution >= 4 is 34.6 Å². The van der Waals surface area contributed by atoms with Gasteiger partial charge in [-0.05, 0) is 29.4 Å². The third-order valence-corrected chi connectivity index (χ3v) is 5.31. The molecule has 14 heteroatoms. The van der Waals surface area contributed by atoms with Crippen LogP contribution in [0, 0.1) is 0 Å². The Balaban J connectivity index is 1.75. The first-order chi connectivity index (χ1) is 15.7. The number of rotatable bonds is 8. The third kappa shape index (κ3) is 6.22. The van der Waals surface area contributed by atoms with E-state index >= 15 is 0 Å². The Kier molecular flexibility index (Phi) is 7.92. The molecule has 10 nitrogen and oxygen atoms in total. The molecule has 3 N–H and O–H groups in total. The molecule has 3 rings (SSSR count). The van der Waals surface area contributed by atoms with Crippen molar-refractivity contribution in [1.82, 2.24) is 30.4 Å². The maximum Gasteiger partial charge on any atom is 0.255 e. The van der Waals surface area contributed by atoms with Crippen LogP contribution in [0.15, 0.2) is 47.8 Å². The van der Waals surface area contributed by atoms with Gasteiger partial charge in [0, 0.05) is 28.9 Å². The SMILES string of the molecule is C[S+]([O-])c1cc(Cl)cc(C(=O)NC(O)c2ncnn2-c2ccc(C(=O)NCC(F)F)cn2)c1. The van der Waals surface area contributed by atoms with E-state index in [1.807, 2.05) is 0 Å². The summed E-state index contributed by atoms with van der Waals surface area (Å²) in [6, 6.07) is 6.89. The van der Waals surface area contributed by atoms with Gasteiger partial charge >= 0.3 is 0 Å². The fraction of sp³-hybridized carbons (Fsp3) is 0.211. The first-order valence-electron chi connectivity index (χ1n) is 9.21. The standard InChI is InChI=1S/C19H17ClF2N6O4S/c1-33(32)13-5-11(4-12(20)6-13)18(30)27-19(31)16-25-9-26-28(16)15-3-2-10(7-23-15)17(29)24-8-14(21)22/h2-7,9,14,19,31H,8H2,1H3,(H,24,29)(H,27,30). The largest absolute Gasteiger partial charge is 0.612 e. The fourth-order valence-corrected chi connectivity index (χ4v) is 3.55. The van der Waals surface area contributed by atoms with E-state index < -0.39 is 42.2 Å². The number of aliphatic hydroxyl groups excluding tert-OH is 1. The van der Waals surface area contributed by atoms with E-state index in [1.54, 1.807) is 0 Å². The van der Waals surface area contributed by atoms with Crippen LogP contribution in [-0.2, 0) is 11.2 Å². The van der Waals surface area contributed by atoms with Gasteiger partial charge in [-0.15, -0.1) is 0 Å². The number of nitrogens with zero attached hydrogens (tertiary/aromatic N) is 4. The molecule has 0 aliphatic carbocycles. The highest BCUT2D eigenvalue weighted by atomic mass is 35.5. The Bertz CT molecular complexity index is 1150. The average Bonchev–Trinajstić information content (AvgIpc) is 3.27. The van der Waals surface area contributed by atoms with Crippen molar-refractivity contribution in [3.8, 4) is 5.82 Å². The quantitative estimate of drug-likeness (QED) is 0.315. The Morgan fingerprint density at radius 3 is 2.61 bits per heavy atom. The van der Waals surface area contributed by atoms with Crippen LogP contribution >= 0.6 is 11.6 Å². The molecular weight excluding hydrogens is 482 g/mol. The average molecular weight is 499 g/mol. The van der Waals surface area contributed by atoms with Crippen LogP contribution in [0.3, 0.4) is 0 Å². The Morgan fingerprint density at radius 2 is 1.97 bits per heavy atom. The van der Waals surface area contributed by atoms with Gasteiger partial charge in [-0.2, -0.15) is 9.78 Å². The van der Waals surface area contributed by atoms with Crippen LogP contribution in [0.5, 0.6) is 0 Å². The van der Waals surface area contributed by atoms with E-state index in [0.29, 0.717) is 4.90 Å². The summed E-state index contributed by atoms with van der Waals surface area (Å²) in [5.41, 5.74) is 0.120. The van der Waals surface area contributed by atoms with E-state index in [9.17, 15) is 28.0 Å². The van der Waals surface area contributed by atoms with Gasteiger partial charge in [0.05, 0.1) is 12.1 Å². The zero-order valence-electron chi connectivity index (χ0n) is 16.9. The normalized spacial score (nSPS) is 12.9. The summed E-state index contributed by atoms with van der Waals surface area (Å²) in [4.78, 5) is 32.7. The molecule has 0 spiro atoms. The number of aliphatic hydroxyl groups is 1. The van der Waals surface area contributed by atoms with Crippen LogP contribution in [-0.4, -0.2) is 60.4 Å². The lowest BCUT2D eigenvalue weighted by Crippen LogP contribution is -2.30. The molecule has 2 amide bonds. The van der Waals surface area contributed by atoms with Crippen LogP contribution in [0.25, 0.3) is 5.82 Å². The molecule has 174 valence electrons. The van der Waals surface area contributed by atoms with E-state index in [4.69, 9.17) is 11.6 Å². The number of carbonyl (C=O) groups excluding carboxylic acids is 2. The van der Waals surface area contributed by atoms with Crippen molar-refractivity contribution in [3.05, 3.63) is 64.8 Å². The van der Waals surface area contributed by atoms with Crippen molar-refractivity contribution in [1.29, 1.82) is 0 Å². The summed E-state index contributed by atoms with van der Waals surface area (Å²) < 4.78 is 37.3. The number of hydrogen-bond donors (Lipinski definition) is 3. The lowest BCUT2D eigenvalue weighted by molar-refractivity contribution is 0.0757. The summed E-state index contributed by atoms with van der Waals surface area (Å²) in [6.07, 6.45) is -0.590. The molecule has 2 atom stereocenters. The fourth-order valence-electron chi connectivity index (χ4n) is 2.66. The summed E-state index contributed by atoms with van der Waals surface area (Å²) >= 11 is 4.60. The molecule has 3 aromatic rings. The first kappa shape index (κ1) is 24.5. The number of pyridine rings is 1. The van der Waals surface area contributed by atoms with Gasteiger partial charge in [0.2, 0.25) is 0 Å². The molecule has 0 fully saturated rings. The highest BCUT2D eigenvalue weighted by Crippen LogP contribution is 2.20. The van der Waals surface area contributed by atoms with E-state index in [2.05, 4.69) is 25.7 Å². The van der Waals surface area contributed by atoms with Crippen molar-refractivity contribution in [2.24, 2.45) is 0 Å². The lowest BCUT2D eigenvalue weighted by Gasteiger charge is -2.14. The molecule has 0 aliphatic rings. The number of carbonyl (C=O) groups is 2. The molecule has 2 unspecified atom stereocenters. The minimum atomic E-state index is -2.68. The van der Waals surface area contributed by atoms with Crippen molar-refractivity contribution < 1.29 is 28.0 Å². The molecule has 0 bridgehead atoms. The van der Waals surface area contributed by atoms with Gasteiger partial charge in [-0.1, -0.05) is 11.6 Å². The van der Waals surface area contributed by atoms with Gasteiger partial charge in [-0.25, -0.2) is 18.7 Å². The molecule has 2 heterocycles. The second-order valence-electron chi connectivity index (χ2n) is 6.54. The zero-order valence-corrected chi connectivity index (χ0v) is 18.5. The summed E-state index contributed by atoms with van der Waals surface area (Å²) in [5.74, 6) is -1.38. The van der Waals surface area contributed by atoms with Gasteiger partial charge < -0.3 is 20.3 Å². The van der Waals surface area contributed by atoms with Crippen molar-refractivity contribution in [3.63, 3.8) is 0 Å². The second kappa shape index (κ2) is 10.7. The topological polar surface area (TPSA) is 145 Å². The highest BCUT2D eigenvalue weighted by Gasteiger charge is 2.21. The van der Waals surface area contributed by atoms with Gasteiger partial charge in [0.15, 0.2) is 22.8 Å². The lowest BCUT2D eigenvalue weighted by atomic mass is 10.2. The van der Waals surface area contributed by atoms with Crippen molar-refractivity contribution in [2.45, 2.75) is 17.5 Å². The minimum absolute atomic E-state index is 0.0417. The highest BCUT2D eigenvalue weighted by molar-refractivity contribution is 7.90. The summed E-state index contributed by atoms with van der Waals surface area (Å²) in [5, 5.41) is 19.0. The number of benzene rings is 1. The molecular formula is C19H17ClF2N6O4S. The molecule has 0 radical (unpaired) electrons. The predicted octanol–water partition coefficient (Wildman–Crippen LogP) is 1.47. The zero-order chi connectivity index (χ0) is 24.1. The molecule has 0 saturated heterocycles. The monoisotopic (exact) mass is 498 g/mol. The van der Waals surface area contributed by atoms with Crippen LogP contribution in [0.1, 0.15) is 32.8 Å². The van der Waals surface area contributed by atoms with E-state index in [1.165, 1.54) is 36.6 Å². The molecule has 0 aliphatic heterocycles. The van der Waals surface area contributed by atoms with Crippen LogP contribution in [0.4, 0.5) is 8.78 Å². The maximum atomic E-state index is 12.6. The molecule has 0 saturated carbocycles. The van der Waals surface area contributed by atoms with E-state index in [0.717, 1.165) is 17.2 Å². The first-order valence-corrected chi connectivity index (χ1v) is 11.1. The number of amides is 2. The number of hydrogen-bond acceptors (Lipinski definition) is 7. The third-order valence-electron chi connectivity index (χ3n) is 4.20. The minimum Gasteiger partial charge on any atom is -0.612 e. The number of aromatic nitrogens is 4. The Hall–Kier alpha value is -3.13. The maximum absolute atomic E-state index is 12.6. The number of nitrogens with one attached hydrogen (secondary N) is 2. The van der Waals surface area contributed by atoms with Gasteiger partial charge in [0.1, 0.15) is 12.6 Å². The predicted molar refractivity (Wildman–Crippen MR) is 114 cm³/mol. The number of halogens is 3. The molecule has 2 aromatic heterocycles. The van der Waals surface area contributed by atoms with E-state index in [-0.39, 0.29) is 27.8 Å². The van der Waals surface area contributed by atoms with Gasteiger partial charge in [-0.3, -0.25) is 9.59 Å². The summed E-state index contributed by atoms with van der Waals surface area (Å²) in [7, 11) is 0. The van der Waals surface area contributed by atoms with Gasteiger partial charge in [0.25, 0.3) is 18.2 Å². The molecule has 1 aromatic carbocycles. The van der Waals surface area contributed by atoms with Crippen molar-refractivity contribution in [2.75, 3.05) is 12.8 Å². The molecule has 33 heavy (non-hydrogen) atoms. The number of alkyl halides is 2. The smallest absolute Gasteiger partial charge is 0.255 e. The van der Waals surface area contributed by atoms with Crippen LogP contribution in [0.2, 0.25) is 5.02 Å². The Morgan fingerprint density at radius 1 is 1.21 bits per heavy atom. The Labute approximate surface area is 194 Å². The van der Waals surface area contributed by atoms with Crippen LogP contribution < -0.4 is 10.6 Å². The second-order valence-corrected chi connectivity index (χ2v) is 8.36.